The predicted molar refractivity (Wildman–Crippen MR) is 79.7 cm³/mol. The molecule has 0 amide bonds. The molecule has 0 aromatic heterocycles. The molecule has 0 saturated heterocycles. The van der Waals surface area contributed by atoms with E-state index in [0.717, 1.165) is 5.56 Å². The number of methoxy groups -OCH3 is 1. The van der Waals surface area contributed by atoms with Crippen molar-refractivity contribution in [2.24, 2.45) is 0 Å². The number of fused-ring (bicyclic) bond motifs is 1. The van der Waals surface area contributed by atoms with Gasteiger partial charge in [-0.2, -0.15) is 0 Å². The molecular weight excluding hydrogens is 304 g/mol. The van der Waals surface area contributed by atoms with Gasteiger partial charge in [-0.3, -0.25) is 4.79 Å². The molecule has 1 aromatic carbocycles. The average Bonchev–Trinajstić information content (AvgIpc) is 2.54. The van der Waals surface area contributed by atoms with Crippen molar-refractivity contribution in [3.05, 3.63) is 40.7 Å². The van der Waals surface area contributed by atoms with Crippen LogP contribution in [0.25, 0.3) is 0 Å². The van der Waals surface area contributed by atoms with Gasteiger partial charge >= 0.3 is 5.97 Å². The van der Waals surface area contributed by atoms with E-state index in [1.807, 2.05) is 0 Å². The molecule has 0 atom stereocenters. The molecule has 1 aliphatic rings. The summed E-state index contributed by atoms with van der Waals surface area (Å²) in [5, 5.41) is 18.3. The molecule has 2 rings (SSSR count). The Hall–Kier alpha value is -2.38. The van der Waals surface area contributed by atoms with Gasteiger partial charge in [0.1, 0.15) is 5.75 Å². The predicted octanol–water partition coefficient (Wildman–Crippen LogP) is 1.71. The first-order valence-electron chi connectivity index (χ1n) is 7.07. The summed E-state index contributed by atoms with van der Waals surface area (Å²) in [5.74, 6) is -2.28. The average molecular weight is 322 g/mol. The van der Waals surface area contributed by atoms with E-state index in [4.69, 9.17) is 19.3 Å². The number of hydrogen-bond donors (Lipinski definition) is 2. The molecule has 7 nitrogen and oxygen atoms in total. The number of rotatable bonds is 7. The van der Waals surface area contributed by atoms with E-state index in [1.165, 1.54) is 0 Å². The number of benzene rings is 1. The van der Waals surface area contributed by atoms with Crippen molar-refractivity contribution in [2.75, 3.05) is 27.1 Å². The molecule has 23 heavy (non-hydrogen) atoms. The summed E-state index contributed by atoms with van der Waals surface area (Å²) in [5.41, 5.74) is 1.07. The van der Waals surface area contributed by atoms with Crippen molar-refractivity contribution in [3.63, 3.8) is 0 Å². The highest BCUT2D eigenvalue weighted by molar-refractivity contribution is 6.13. The van der Waals surface area contributed by atoms with Crippen LogP contribution in [0.1, 0.15) is 22.3 Å². The summed E-state index contributed by atoms with van der Waals surface area (Å²) < 4.78 is 15.5. The number of carboxylic acids is 1. The molecule has 2 N–H and O–H groups in total. The number of Topliss-reactive ketones (excluding diaryl/α,β-unsaturated/α-hetero) is 1. The van der Waals surface area contributed by atoms with Gasteiger partial charge in [-0.15, -0.1) is 0 Å². The van der Waals surface area contributed by atoms with Gasteiger partial charge in [0.25, 0.3) is 0 Å². The van der Waals surface area contributed by atoms with Gasteiger partial charge in [0, 0.05) is 18.2 Å². The fraction of sp³-hybridized carbons (Fsp3) is 0.375. The van der Waals surface area contributed by atoms with E-state index in [1.54, 1.807) is 25.3 Å². The van der Waals surface area contributed by atoms with Crippen LogP contribution in [0.15, 0.2) is 29.5 Å². The van der Waals surface area contributed by atoms with E-state index >= 15 is 0 Å². The molecule has 0 spiro atoms. The van der Waals surface area contributed by atoms with Gasteiger partial charge in [0.05, 0.1) is 13.2 Å². The number of aryl methyl sites for hydroxylation is 1. The molecule has 1 aromatic rings. The van der Waals surface area contributed by atoms with Crippen molar-refractivity contribution in [2.45, 2.75) is 12.8 Å². The van der Waals surface area contributed by atoms with Crippen LogP contribution in [0.2, 0.25) is 0 Å². The Kier molecular flexibility index (Phi) is 5.72. The second kappa shape index (κ2) is 7.75. The van der Waals surface area contributed by atoms with Crippen LogP contribution in [0.5, 0.6) is 5.75 Å². The molecule has 0 unspecified atom stereocenters. The normalized spacial score (nSPS) is 16.0. The van der Waals surface area contributed by atoms with Gasteiger partial charge in [-0.25, -0.2) is 4.79 Å². The lowest BCUT2D eigenvalue weighted by Gasteiger charge is -2.18. The highest BCUT2D eigenvalue weighted by Crippen LogP contribution is 2.29. The second-order valence-electron chi connectivity index (χ2n) is 4.94. The molecule has 0 aliphatic heterocycles. The zero-order chi connectivity index (χ0) is 16.8. The summed E-state index contributed by atoms with van der Waals surface area (Å²) >= 11 is 0. The van der Waals surface area contributed by atoms with Crippen LogP contribution in [-0.2, 0) is 20.7 Å². The molecule has 0 saturated carbocycles. The third-order valence-corrected chi connectivity index (χ3v) is 3.47. The van der Waals surface area contributed by atoms with Crippen molar-refractivity contribution in [3.8, 4) is 5.75 Å². The number of carbonyl (C=O) groups is 2. The molecule has 7 heteroatoms. The lowest BCUT2D eigenvalue weighted by Crippen LogP contribution is -2.19. The fourth-order valence-electron chi connectivity index (χ4n) is 2.29. The third kappa shape index (κ3) is 4.08. The topological polar surface area (TPSA) is 102 Å². The first kappa shape index (κ1) is 17.0. The Morgan fingerprint density at radius 2 is 2.00 bits per heavy atom. The van der Waals surface area contributed by atoms with E-state index in [-0.39, 0.29) is 18.8 Å². The minimum Gasteiger partial charge on any atom is -0.502 e. The van der Waals surface area contributed by atoms with Crippen LogP contribution in [0.3, 0.4) is 0 Å². The number of ether oxygens (including phenoxy) is 3. The van der Waals surface area contributed by atoms with Gasteiger partial charge in [0.15, 0.2) is 12.6 Å². The Balaban J connectivity index is 2.07. The van der Waals surface area contributed by atoms with Gasteiger partial charge in [-0.05, 0) is 36.6 Å². The van der Waals surface area contributed by atoms with E-state index in [2.05, 4.69) is 0 Å². The lowest BCUT2D eigenvalue weighted by atomic mass is 9.86. The molecule has 0 fully saturated rings. The van der Waals surface area contributed by atoms with Crippen LogP contribution >= 0.6 is 0 Å². The summed E-state index contributed by atoms with van der Waals surface area (Å²) in [6.07, 6.45) is 0.632. The SMILES string of the molecule is COCCOCOc1ccc2c(c1)CCC(=C(O)C(=O)O)C2=O. The Morgan fingerprint density at radius 1 is 1.22 bits per heavy atom. The van der Waals surface area contributed by atoms with Crippen LogP contribution in [0, 0.1) is 0 Å². The molecule has 1 aliphatic carbocycles. The number of ketones is 1. The minimum absolute atomic E-state index is 0.0680. The smallest absolute Gasteiger partial charge is 0.371 e. The first-order valence-corrected chi connectivity index (χ1v) is 7.07. The highest BCUT2D eigenvalue weighted by Gasteiger charge is 2.27. The van der Waals surface area contributed by atoms with Crippen LogP contribution in [0.4, 0.5) is 0 Å². The number of hydrogen-bond acceptors (Lipinski definition) is 6. The van der Waals surface area contributed by atoms with Gasteiger partial charge in [-0.1, -0.05) is 0 Å². The lowest BCUT2D eigenvalue weighted by molar-refractivity contribution is -0.135. The molecule has 0 heterocycles. The zero-order valence-corrected chi connectivity index (χ0v) is 12.7. The van der Waals surface area contributed by atoms with Gasteiger partial charge in [0.2, 0.25) is 5.76 Å². The van der Waals surface area contributed by atoms with E-state index < -0.39 is 17.5 Å². The number of carbonyl (C=O) groups excluding carboxylic acids is 1. The van der Waals surface area contributed by atoms with E-state index in [0.29, 0.717) is 30.9 Å². The van der Waals surface area contributed by atoms with Crippen molar-refractivity contribution < 1.29 is 34.0 Å². The summed E-state index contributed by atoms with van der Waals surface area (Å²) in [4.78, 5) is 23.0. The van der Waals surface area contributed by atoms with Crippen molar-refractivity contribution >= 4 is 11.8 Å². The molecule has 0 radical (unpaired) electrons. The quantitative estimate of drug-likeness (QED) is 0.341. The number of allylic oxidation sites excluding steroid dienone is 1. The maximum Gasteiger partial charge on any atom is 0.371 e. The monoisotopic (exact) mass is 322 g/mol. The van der Waals surface area contributed by atoms with Crippen molar-refractivity contribution in [1.82, 2.24) is 0 Å². The van der Waals surface area contributed by atoms with Crippen LogP contribution < -0.4 is 4.74 Å². The summed E-state index contributed by atoms with van der Waals surface area (Å²) in [6.45, 7) is 0.966. The largest absolute Gasteiger partial charge is 0.502 e. The minimum atomic E-state index is -1.50. The fourth-order valence-corrected chi connectivity index (χ4v) is 2.29. The maximum absolute atomic E-state index is 12.2. The van der Waals surface area contributed by atoms with E-state index in [9.17, 15) is 14.7 Å². The first-order chi connectivity index (χ1) is 11.0. The number of aliphatic hydroxyl groups is 1. The highest BCUT2D eigenvalue weighted by atomic mass is 16.7. The Morgan fingerprint density at radius 3 is 2.70 bits per heavy atom. The Bertz CT molecular complexity index is 633. The molecular formula is C16H18O7. The number of aliphatic carboxylic acids is 1. The summed E-state index contributed by atoms with van der Waals surface area (Å²) in [6, 6.07) is 4.90. The standard InChI is InChI=1S/C16H18O7/c1-21-6-7-22-9-23-11-3-5-12-10(8-11)2-4-13(14(12)17)15(18)16(19)20/h3,5,8,18H,2,4,6-7,9H2,1H3,(H,19,20). The van der Waals surface area contributed by atoms with Crippen molar-refractivity contribution in [1.29, 1.82) is 0 Å². The maximum atomic E-state index is 12.2. The molecule has 124 valence electrons. The molecule has 0 bridgehead atoms. The Labute approximate surface area is 133 Å². The van der Waals surface area contributed by atoms with Crippen LogP contribution in [-0.4, -0.2) is 49.1 Å². The van der Waals surface area contributed by atoms with Gasteiger partial charge < -0.3 is 24.4 Å². The summed E-state index contributed by atoms with van der Waals surface area (Å²) in [7, 11) is 1.58. The third-order valence-electron chi connectivity index (χ3n) is 3.47. The second-order valence-corrected chi connectivity index (χ2v) is 4.94. The zero-order valence-electron chi connectivity index (χ0n) is 12.7. The number of aliphatic hydroxyl groups excluding tert-OH is 1. The number of carboxylic acid groups (broad SMARTS) is 1.